The van der Waals surface area contributed by atoms with E-state index in [1.807, 2.05) is 6.92 Å². The molecule has 0 unspecified atom stereocenters. The molecule has 0 bridgehead atoms. The van der Waals surface area contributed by atoms with E-state index >= 15 is 0 Å². The Morgan fingerprint density at radius 1 is 1.53 bits per heavy atom. The van der Waals surface area contributed by atoms with Gasteiger partial charge in [-0.2, -0.15) is 5.10 Å². The van der Waals surface area contributed by atoms with Gasteiger partial charge in [-0.25, -0.2) is 8.42 Å². The first-order valence-corrected chi connectivity index (χ1v) is 7.29. The number of nitrogens with zero attached hydrogens (tertiary/aromatic N) is 2. The number of rotatable bonds is 5. The summed E-state index contributed by atoms with van der Waals surface area (Å²) >= 11 is 0. The first kappa shape index (κ1) is 13.6. The van der Waals surface area contributed by atoms with Gasteiger partial charge >= 0.3 is 0 Å². The summed E-state index contributed by atoms with van der Waals surface area (Å²) in [5.41, 5.74) is 5.84. The average molecular weight is 284 g/mol. The zero-order chi connectivity index (χ0) is 14.0. The molecule has 0 aliphatic heterocycles. The number of aryl methyl sites for hydroxylation is 2. The highest BCUT2D eigenvalue weighted by molar-refractivity contribution is 7.92. The van der Waals surface area contributed by atoms with Gasteiger partial charge in [-0.1, -0.05) is 0 Å². The van der Waals surface area contributed by atoms with Gasteiger partial charge in [0.05, 0.1) is 18.4 Å². The van der Waals surface area contributed by atoms with Crippen molar-refractivity contribution in [2.45, 2.75) is 31.8 Å². The number of aromatic nitrogens is 2. The predicted octanol–water partition coefficient (Wildman–Crippen LogP) is 1.06. The van der Waals surface area contributed by atoms with E-state index in [4.69, 9.17) is 10.2 Å². The van der Waals surface area contributed by atoms with Crippen molar-refractivity contribution >= 4 is 15.7 Å². The van der Waals surface area contributed by atoms with Crippen LogP contribution >= 0.6 is 0 Å². The molecule has 0 spiro atoms. The number of hydrogen-bond donors (Lipinski definition) is 2. The molecule has 2 aromatic rings. The second-order valence-electron chi connectivity index (χ2n) is 4.03. The highest BCUT2D eigenvalue weighted by Gasteiger charge is 2.21. The van der Waals surface area contributed by atoms with Crippen LogP contribution in [0.2, 0.25) is 0 Å². The Balaban J connectivity index is 2.29. The number of hydrogen-bond acceptors (Lipinski definition) is 5. The number of sulfonamides is 1. The van der Waals surface area contributed by atoms with E-state index in [0.29, 0.717) is 23.8 Å². The van der Waals surface area contributed by atoms with Gasteiger partial charge in [0.15, 0.2) is 0 Å². The van der Waals surface area contributed by atoms with E-state index in [-0.39, 0.29) is 11.4 Å². The lowest BCUT2D eigenvalue weighted by molar-refractivity contribution is 0.479. The van der Waals surface area contributed by atoms with Crippen molar-refractivity contribution in [1.82, 2.24) is 9.78 Å². The quantitative estimate of drug-likeness (QED) is 0.854. The SMILES string of the molecule is CCn1cc(NS(=O)(=O)c2cc(CN)oc2C)cn1. The smallest absolute Gasteiger partial charge is 0.265 e. The molecule has 104 valence electrons. The highest BCUT2D eigenvalue weighted by Crippen LogP contribution is 2.22. The zero-order valence-electron chi connectivity index (χ0n) is 10.8. The van der Waals surface area contributed by atoms with E-state index in [1.54, 1.807) is 17.8 Å². The van der Waals surface area contributed by atoms with E-state index < -0.39 is 10.0 Å². The molecule has 2 heterocycles. The Morgan fingerprint density at radius 3 is 2.79 bits per heavy atom. The molecule has 2 aromatic heterocycles. The van der Waals surface area contributed by atoms with Gasteiger partial charge in [0.2, 0.25) is 0 Å². The second kappa shape index (κ2) is 5.06. The molecule has 0 saturated carbocycles. The van der Waals surface area contributed by atoms with E-state index in [0.717, 1.165) is 0 Å². The van der Waals surface area contributed by atoms with Crippen molar-refractivity contribution in [3.8, 4) is 0 Å². The number of furan rings is 1. The van der Waals surface area contributed by atoms with Crippen LogP contribution in [-0.2, 0) is 23.1 Å². The lowest BCUT2D eigenvalue weighted by Gasteiger charge is -2.03. The normalized spacial score (nSPS) is 11.7. The molecular weight excluding hydrogens is 268 g/mol. The molecule has 0 aromatic carbocycles. The summed E-state index contributed by atoms with van der Waals surface area (Å²) in [6.45, 7) is 4.33. The molecule has 0 radical (unpaired) electrons. The monoisotopic (exact) mass is 284 g/mol. The van der Waals surface area contributed by atoms with Crippen LogP contribution in [0.3, 0.4) is 0 Å². The van der Waals surface area contributed by atoms with Gasteiger partial charge in [-0.05, 0) is 13.8 Å². The molecule has 0 aliphatic carbocycles. The van der Waals surface area contributed by atoms with Crippen LogP contribution in [0.5, 0.6) is 0 Å². The van der Waals surface area contributed by atoms with Crippen LogP contribution in [0.25, 0.3) is 0 Å². The summed E-state index contributed by atoms with van der Waals surface area (Å²) in [4.78, 5) is 0.0946. The van der Waals surface area contributed by atoms with E-state index in [2.05, 4.69) is 9.82 Å². The molecule has 2 rings (SSSR count). The number of anilines is 1. The standard InChI is InChI=1S/C11H16N4O3S/c1-3-15-7-9(6-13-15)14-19(16,17)11-4-10(5-12)18-8(11)2/h4,6-7,14H,3,5,12H2,1-2H3. The molecular formula is C11H16N4O3S. The van der Waals surface area contributed by atoms with Crippen LogP contribution in [0.1, 0.15) is 18.4 Å². The van der Waals surface area contributed by atoms with Gasteiger partial charge < -0.3 is 10.2 Å². The first-order chi connectivity index (χ1) is 8.96. The van der Waals surface area contributed by atoms with Crippen molar-refractivity contribution < 1.29 is 12.8 Å². The molecule has 0 fully saturated rings. The predicted molar refractivity (Wildman–Crippen MR) is 70.0 cm³/mol. The maximum Gasteiger partial charge on any atom is 0.265 e. The molecule has 0 saturated heterocycles. The third kappa shape index (κ3) is 2.79. The summed E-state index contributed by atoms with van der Waals surface area (Å²) in [7, 11) is -3.68. The van der Waals surface area contributed by atoms with Crippen molar-refractivity contribution in [3.63, 3.8) is 0 Å². The summed E-state index contributed by atoms with van der Waals surface area (Å²) < 4.78 is 33.7. The Morgan fingerprint density at radius 2 is 2.26 bits per heavy atom. The van der Waals surface area contributed by atoms with Gasteiger partial charge in [-0.15, -0.1) is 0 Å². The Hall–Kier alpha value is -1.80. The minimum absolute atomic E-state index is 0.0946. The molecule has 7 nitrogen and oxygen atoms in total. The van der Waals surface area contributed by atoms with Gasteiger partial charge in [0.25, 0.3) is 10.0 Å². The Bertz CT molecular complexity index is 672. The summed E-state index contributed by atoms with van der Waals surface area (Å²) in [6, 6.07) is 1.43. The summed E-state index contributed by atoms with van der Waals surface area (Å²) in [5.74, 6) is 0.748. The van der Waals surface area contributed by atoms with Crippen LogP contribution in [-0.4, -0.2) is 18.2 Å². The fraction of sp³-hybridized carbons (Fsp3) is 0.364. The second-order valence-corrected chi connectivity index (χ2v) is 5.68. The minimum Gasteiger partial charge on any atom is -0.464 e. The van der Waals surface area contributed by atoms with Crippen LogP contribution in [0, 0.1) is 6.92 Å². The molecule has 8 heteroatoms. The van der Waals surface area contributed by atoms with Crippen molar-refractivity contribution in [2.75, 3.05) is 4.72 Å². The van der Waals surface area contributed by atoms with Crippen LogP contribution < -0.4 is 10.5 Å². The first-order valence-electron chi connectivity index (χ1n) is 5.81. The van der Waals surface area contributed by atoms with Gasteiger partial charge in [0, 0.05) is 18.8 Å². The number of nitrogens with one attached hydrogen (secondary N) is 1. The third-order valence-corrected chi connectivity index (χ3v) is 4.11. The van der Waals surface area contributed by atoms with Crippen molar-refractivity contribution in [1.29, 1.82) is 0 Å². The highest BCUT2D eigenvalue weighted by atomic mass is 32.2. The fourth-order valence-electron chi connectivity index (χ4n) is 1.69. The maximum atomic E-state index is 12.2. The number of nitrogens with two attached hydrogens (primary N) is 1. The third-order valence-electron chi connectivity index (χ3n) is 2.62. The molecule has 0 atom stereocenters. The lowest BCUT2D eigenvalue weighted by atomic mass is 10.4. The zero-order valence-corrected chi connectivity index (χ0v) is 11.6. The summed E-state index contributed by atoms with van der Waals surface area (Å²) in [5, 5.41) is 4.00. The lowest BCUT2D eigenvalue weighted by Crippen LogP contribution is -2.12. The maximum absolute atomic E-state index is 12.2. The van der Waals surface area contributed by atoms with Crippen molar-refractivity contribution in [3.05, 3.63) is 30.0 Å². The van der Waals surface area contributed by atoms with Crippen LogP contribution in [0.4, 0.5) is 5.69 Å². The van der Waals surface area contributed by atoms with Gasteiger partial charge in [0.1, 0.15) is 16.4 Å². The van der Waals surface area contributed by atoms with Gasteiger partial charge in [-0.3, -0.25) is 9.40 Å². The topological polar surface area (TPSA) is 103 Å². The van der Waals surface area contributed by atoms with Crippen molar-refractivity contribution in [2.24, 2.45) is 5.73 Å². The molecule has 19 heavy (non-hydrogen) atoms. The molecule has 0 amide bonds. The van der Waals surface area contributed by atoms with Crippen LogP contribution in [0.15, 0.2) is 27.8 Å². The van der Waals surface area contributed by atoms with E-state index in [9.17, 15) is 8.42 Å². The molecule has 3 N–H and O–H groups in total. The Kier molecular flexibility index (Phi) is 3.63. The minimum atomic E-state index is -3.68. The average Bonchev–Trinajstić information content (AvgIpc) is 2.95. The summed E-state index contributed by atoms with van der Waals surface area (Å²) in [6.07, 6.45) is 3.08. The largest absolute Gasteiger partial charge is 0.464 e. The molecule has 0 aliphatic rings. The van der Waals surface area contributed by atoms with E-state index in [1.165, 1.54) is 12.3 Å². The fourth-order valence-corrected chi connectivity index (χ4v) is 2.92. The Labute approximate surface area is 111 Å².